The molecular formula is C45H49ClN8O4S2. The van der Waals surface area contributed by atoms with Gasteiger partial charge in [-0.15, -0.1) is 11.8 Å². The van der Waals surface area contributed by atoms with Gasteiger partial charge in [-0.25, -0.2) is 18.4 Å². The van der Waals surface area contributed by atoms with E-state index >= 15 is 0 Å². The Morgan fingerprint density at radius 3 is 2.35 bits per heavy atom. The van der Waals surface area contributed by atoms with Gasteiger partial charge in [-0.2, -0.15) is 0 Å². The molecule has 5 aromatic carbocycles. The Kier molecular flexibility index (Phi) is 14.2. The zero-order valence-electron chi connectivity index (χ0n) is 33.7. The van der Waals surface area contributed by atoms with Crippen LogP contribution in [0.15, 0.2) is 131 Å². The molecule has 60 heavy (non-hydrogen) atoms. The maximum Gasteiger partial charge on any atom is 0.293 e. The highest BCUT2D eigenvalue weighted by atomic mass is 35.5. The summed E-state index contributed by atoms with van der Waals surface area (Å²) in [7, 11) is -4.27. The third-order valence-corrected chi connectivity index (χ3v) is 13.6. The molecule has 0 aliphatic carbocycles. The molecule has 2 heterocycles. The lowest BCUT2D eigenvalue weighted by molar-refractivity contribution is -0.384. The number of aromatic nitrogens is 2. The lowest BCUT2D eigenvalue weighted by atomic mass is 9.99. The van der Waals surface area contributed by atoms with E-state index in [9.17, 15) is 18.5 Å². The largest absolute Gasteiger partial charge is 0.376 e. The molecule has 0 amide bonds. The number of nitro groups is 1. The van der Waals surface area contributed by atoms with E-state index in [2.05, 4.69) is 85.0 Å². The zero-order chi connectivity index (χ0) is 42.1. The van der Waals surface area contributed by atoms with Crippen LogP contribution in [0.3, 0.4) is 0 Å². The minimum Gasteiger partial charge on any atom is -0.376 e. The lowest BCUT2D eigenvalue weighted by Gasteiger charge is -2.36. The number of nitrogens with one attached hydrogen (secondary N) is 2. The first-order valence-electron chi connectivity index (χ1n) is 20.1. The van der Waals surface area contributed by atoms with E-state index in [1.807, 2.05) is 60.7 Å². The van der Waals surface area contributed by atoms with Crippen molar-refractivity contribution in [2.45, 2.75) is 42.6 Å². The zero-order valence-corrected chi connectivity index (χ0v) is 36.1. The highest BCUT2D eigenvalue weighted by molar-refractivity contribution is 7.99. The molecule has 1 aromatic heterocycles. The average molecular weight is 866 g/mol. The second-order valence-electron chi connectivity index (χ2n) is 14.7. The van der Waals surface area contributed by atoms with Crippen LogP contribution in [0.25, 0.3) is 22.0 Å². The van der Waals surface area contributed by atoms with E-state index in [0.29, 0.717) is 21.7 Å². The van der Waals surface area contributed by atoms with Gasteiger partial charge in [-0.05, 0) is 90.8 Å². The van der Waals surface area contributed by atoms with Crippen molar-refractivity contribution in [3.05, 3.63) is 142 Å². The first-order chi connectivity index (χ1) is 29.1. The molecule has 0 bridgehead atoms. The topological polar surface area (TPSA) is 137 Å². The van der Waals surface area contributed by atoms with Crippen molar-refractivity contribution >= 4 is 67.2 Å². The van der Waals surface area contributed by atoms with Crippen molar-refractivity contribution in [1.29, 1.82) is 0 Å². The highest BCUT2D eigenvalue weighted by Crippen LogP contribution is 2.33. The lowest BCUT2D eigenvalue weighted by Crippen LogP contribution is -2.46. The van der Waals surface area contributed by atoms with E-state index in [1.165, 1.54) is 29.6 Å². The van der Waals surface area contributed by atoms with Crippen molar-refractivity contribution < 1.29 is 13.3 Å². The van der Waals surface area contributed by atoms with Crippen LogP contribution < -0.4 is 14.9 Å². The van der Waals surface area contributed by atoms with E-state index in [4.69, 9.17) is 11.6 Å². The van der Waals surface area contributed by atoms with Gasteiger partial charge >= 0.3 is 0 Å². The number of piperazine rings is 1. The molecule has 1 fully saturated rings. The summed E-state index contributed by atoms with van der Waals surface area (Å²) in [5, 5.41) is 17.0. The van der Waals surface area contributed by atoms with Gasteiger partial charge in [0.2, 0.25) is 0 Å². The third kappa shape index (κ3) is 10.7. The first-order valence-corrected chi connectivity index (χ1v) is 23.0. The normalized spacial score (nSPS) is 14.0. The maximum atomic E-state index is 13.8. The highest BCUT2D eigenvalue weighted by Gasteiger charge is 2.25. The summed E-state index contributed by atoms with van der Waals surface area (Å²) in [5.41, 5.74) is 5.10. The molecule has 312 valence electrons. The van der Waals surface area contributed by atoms with Gasteiger partial charge < -0.3 is 15.1 Å². The molecule has 2 N–H and O–H groups in total. The number of thioether (sulfide) groups is 1. The maximum absolute atomic E-state index is 13.8. The van der Waals surface area contributed by atoms with Crippen LogP contribution in [0.1, 0.15) is 25.8 Å². The first kappa shape index (κ1) is 42.9. The molecule has 0 radical (unpaired) electrons. The second kappa shape index (κ2) is 19.9. The van der Waals surface area contributed by atoms with E-state index in [-0.39, 0.29) is 28.1 Å². The van der Waals surface area contributed by atoms with Crippen LogP contribution in [0.2, 0.25) is 5.02 Å². The van der Waals surface area contributed by atoms with Gasteiger partial charge in [0.25, 0.3) is 15.7 Å². The van der Waals surface area contributed by atoms with Gasteiger partial charge in [0.1, 0.15) is 12.0 Å². The fourth-order valence-corrected chi connectivity index (χ4v) is 9.61. The van der Waals surface area contributed by atoms with Gasteiger partial charge in [0, 0.05) is 78.1 Å². The quantitative estimate of drug-likeness (QED) is 0.0486. The molecule has 1 aliphatic rings. The molecule has 0 spiro atoms. The third-order valence-electron chi connectivity index (χ3n) is 10.9. The van der Waals surface area contributed by atoms with Crippen LogP contribution in [-0.2, 0) is 16.6 Å². The predicted octanol–water partition coefficient (Wildman–Crippen LogP) is 9.29. The van der Waals surface area contributed by atoms with Gasteiger partial charge in [0.05, 0.1) is 15.3 Å². The van der Waals surface area contributed by atoms with Gasteiger partial charge in [-0.1, -0.05) is 80.0 Å². The van der Waals surface area contributed by atoms with Gasteiger partial charge in [0.15, 0.2) is 5.82 Å². The number of anilines is 3. The second-order valence-corrected chi connectivity index (χ2v) is 17.9. The average Bonchev–Trinajstić information content (AvgIpc) is 3.26. The summed E-state index contributed by atoms with van der Waals surface area (Å²) in [4.78, 5) is 28.5. The monoisotopic (exact) mass is 864 g/mol. The van der Waals surface area contributed by atoms with Crippen LogP contribution in [-0.4, -0.2) is 90.7 Å². The fourth-order valence-electron chi connectivity index (χ4n) is 7.44. The molecule has 15 heteroatoms. The summed E-state index contributed by atoms with van der Waals surface area (Å²) in [5.74, 6) is 0.763. The summed E-state index contributed by atoms with van der Waals surface area (Å²) < 4.78 is 30.2. The summed E-state index contributed by atoms with van der Waals surface area (Å²) in [6, 6.07) is 36.0. The number of nitrogens with zero attached hydrogens (tertiary/aromatic N) is 6. The van der Waals surface area contributed by atoms with Crippen LogP contribution in [0.5, 0.6) is 0 Å². The summed E-state index contributed by atoms with van der Waals surface area (Å²) >= 11 is 7.82. The predicted molar refractivity (Wildman–Crippen MR) is 245 cm³/mol. The molecule has 1 unspecified atom stereocenters. The SMILES string of the molecule is CCN(CC)CCC(CSc1ccccc1)Nc1ccc(S(=O)(=O)Nc2ncnc3cc(N4CCN(Cc5ccccc5-c5ccc(Cl)cc5)CC4)ccc23)cc1[N+](=O)[O-]. The number of rotatable bonds is 18. The van der Waals surface area contributed by atoms with E-state index < -0.39 is 14.9 Å². The molecule has 1 atom stereocenters. The van der Waals surface area contributed by atoms with Crippen molar-refractivity contribution in [2.75, 3.05) is 66.5 Å². The number of fused-ring (bicyclic) bond motifs is 1. The number of sulfonamides is 1. The molecule has 6 aromatic rings. The summed E-state index contributed by atoms with van der Waals surface area (Å²) in [6.07, 6.45) is 2.07. The van der Waals surface area contributed by atoms with Crippen molar-refractivity contribution in [3.63, 3.8) is 0 Å². The number of benzene rings is 5. The molecule has 1 aliphatic heterocycles. The van der Waals surface area contributed by atoms with E-state index in [1.54, 1.807) is 11.8 Å². The Hall–Kier alpha value is -5.25. The van der Waals surface area contributed by atoms with Gasteiger partial charge in [-0.3, -0.25) is 19.7 Å². The molecule has 7 rings (SSSR count). The fraction of sp³-hybridized carbons (Fsp3) is 0.289. The summed E-state index contributed by atoms with van der Waals surface area (Å²) in [6.45, 7) is 11.0. The Bertz CT molecular complexity index is 2500. The molecule has 0 saturated carbocycles. The Balaban J connectivity index is 1.02. The van der Waals surface area contributed by atoms with Crippen LogP contribution in [0, 0.1) is 10.1 Å². The standard InChI is InChI=1S/C45H49ClN8O4S2/c1-3-51(4-2)23-22-36(31-59-38-11-6-5-7-12-38)49-42-21-19-39(29-44(42)54(55)56)60(57,58)50-45-41-20-18-37(28-43(41)47-32-48-45)53-26-24-52(25-27-53)30-34-10-8-9-13-40(34)33-14-16-35(46)17-15-33/h5-21,28-29,32,36,49H,3-4,22-27,30-31H2,1-2H3,(H,47,48,50). The van der Waals surface area contributed by atoms with Crippen molar-refractivity contribution in [1.82, 2.24) is 19.8 Å². The van der Waals surface area contributed by atoms with Crippen LogP contribution in [0.4, 0.5) is 22.9 Å². The van der Waals surface area contributed by atoms with Crippen LogP contribution >= 0.6 is 23.4 Å². The van der Waals surface area contributed by atoms with Crippen molar-refractivity contribution in [3.8, 4) is 11.1 Å². The molecular weight excluding hydrogens is 816 g/mol. The smallest absolute Gasteiger partial charge is 0.293 e. The Labute approximate surface area is 361 Å². The van der Waals surface area contributed by atoms with Crippen molar-refractivity contribution in [2.24, 2.45) is 0 Å². The molecule has 1 saturated heterocycles. The number of hydrogen-bond acceptors (Lipinski definition) is 11. The van der Waals surface area contributed by atoms with E-state index in [0.717, 1.165) is 81.0 Å². The number of nitro benzene ring substituents is 1. The Morgan fingerprint density at radius 1 is 0.883 bits per heavy atom. The minimum atomic E-state index is -4.27. The Morgan fingerprint density at radius 2 is 1.62 bits per heavy atom. The molecule has 12 nitrogen and oxygen atoms in total. The minimum absolute atomic E-state index is 0.0926. The number of hydrogen-bond donors (Lipinski definition) is 2. The number of halogens is 1.